The molecule has 1 fully saturated rings. The van der Waals surface area contributed by atoms with Gasteiger partial charge in [0, 0.05) is 19.3 Å². The Balaban J connectivity index is 0.00000408. The standard InChI is InChI=1S/C25H37N2O5P.H3N/c1-2-3-4-5-6-7-8-9-10-16-31-23-13-11-12-21(17-23)22-14-15-26-25(18-22)27-19-24(20-27)32-33(28,29)30;/h11-15,17-18,24H,2-10,16,19-20H2,1H3,(H2,28,29,30);1H3. The molecule has 190 valence electrons. The number of rotatable bonds is 15. The highest BCUT2D eigenvalue weighted by Crippen LogP contribution is 2.40. The fourth-order valence-corrected chi connectivity index (χ4v) is 4.55. The van der Waals surface area contributed by atoms with Crippen molar-refractivity contribution in [2.24, 2.45) is 0 Å². The van der Waals surface area contributed by atoms with Crippen molar-refractivity contribution in [3.63, 3.8) is 0 Å². The van der Waals surface area contributed by atoms with Gasteiger partial charge >= 0.3 is 7.82 Å². The lowest BCUT2D eigenvalue weighted by Gasteiger charge is -2.39. The summed E-state index contributed by atoms with van der Waals surface area (Å²) in [5.41, 5.74) is 2.07. The Hall–Kier alpha value is -1.96. The molecule has 1 saturated heterocycles. The number of unbranched alkanes of at least 4 members (excludes halogenated alkanes) is 8. The molecule has 0 radical (unpaired) electrons. The summed E-state index contributed by atoms with van der Waals surface area (Å²) in [7, 11) is -4.45. The summed E-state index contributed by atoms with van der Waals surface area (Å²) in [6.45, 7) is 3.80. The molecule has 3 rings (SSSR count). The van der Waals surface area contributed by atoms with Gasteiger partial charge in [-0.1, -0.05) is 70.4 Å². The summed E-state index contributed by atoms with van der Waals surface area (Å²) < 4.78 is 21.7. The lowest BCUT2D eigenvalue weighted by atomic mass is 10.1. The van der Waals surface area contributed by atoms with Crippen molar-refractivity contribution in [3.05, 3.63) is 42.6 Å². The maximum Gasteiger partial charge on any atom is 0.469 e. The fraction of sp³-hybridized carbons (Fsp3) is 0.560. The predicted octanol–water partition coefficient (Wildman–Crippen LogP) is 6.12. The van der Waals surface area contributed by atoms with Gasteiger partial charge < -0.3 is 25.6 Å². The molecule has 0 saturated carbocycles. The topological polar surface area (TPSA) is 127 Å². The maximum absolute atomic E-state index is 11.0. The van der Waals surface area contributed by atoms with Gasteiger partial charge in [0.15, 0.2) is 0 Å². The Morgan fingerprint density at radius 3 is 2.29 bits per heavy atom. The van der Waals surface area contributed by atoms with Crippen LogP contribution in [-0.4, -0.2) is 40.6 Å². The smallest absolute Gasteiger partial charge is 0.469 e. The van der Waals surface area contributed by atoms with Gasteiger partial charge in [0.25, 0.3) is 0 Å². The van der Waals surface area contributed by atoms with Crippen LogP contribution in [0.2, 0.25) is 0 Å². The molecule has 1 aliphatic rings. The second-order valence-electron chi connectivity index (χ2n) is 8.73. The van der Waals surface area contributed by atoms with E-state index in [-0.39, 0.29) is 6.15 Å². The number of hydrogen-bond acceptors (Lipinski definition) is 6. The SMILES string of the molecule is CCCCCCCCCCCOc1cccc(-c2ccnc(N3CC(OP(=O)(O)O)C3)c2)c1.N. The van der Waals surface area contributed by atoms with E-state index in [0.717, 1.165) is 35.7 Å². The molecule has 34 heavy (non-hydrogen) atoms. The van der Waals surface area contributed by atoms with Crippen LogP contribution in [0.25, 0.3) is 11.1 Å². The zero-order valence-electron chi connectivity index (χ0n) is 20.3. The van der Waals surface area contributed by atoms with E-state index in [1.165, 1.54) is 51.4 Å². The summed E-state index contributed by atoms with van der Waals surface area (Å²) in [4.78, 5) is 24.2. The summed E-state index contributed by atoms with van der Waals surface area (Å²) in [5, 5.41) is 0. The molecule has 5 N–H and O–H groups in total. The van der Waals surface area contributed by atoms with Crippen LogP contribution in [0, 0.1) is 0 Å². The highest BCUT2D eigenvalue weighted by molar-refractivity contribution is 7.46. The van der Waals surface area contributed by atoms with Gasteiger partial charge in [0.1, 0.15) is 17.7 Å². The van der Waals surface area contributed by atoms with Crippen LogP contribution < -0.4 is 15.8 Å². The van der Waals surface area contributed by atoms with E-state index in [0.29, 0.717) is 13.1 Å². The first-order valence-electron chi connectivity index (χ1n) is 12.1. The van der Waals surface area contributed by atoms with Gasteiger partial charge in [0.2, 0.25) is 0 Å². The van der Waals surface area contributed by atoms with E-state index in [9.17, 15) is 4.57 Å². The number of phosphoric acid groups is 1. The summed E-state index contributed by atoms with van der Waals surface area (Å²) in [6, 6.07) is 12.0. The second-order valence-corrected chi connectivity index (χ2v) is 9.92. The molecule has 0 atom stereocenters. The number of benzene rings is 1. The van der Waals surface area contributed by atoms with Crippen LogP contribution in [0.1, 0.15) is 64.7 Å². The molecule has 8 nitrogen and oxygen atoms in total. The molecule has 0 aliphatic carbocycles. The Morgan fingerprint density at radius 1 is 0.971 bits per heavy atom. The van der Waals surface area contributed by atoms with Crippen molar-refractivity contribution in [1.29, 1.82) is 0 Å². The number of phosphoric ester groups is 1. The molecule has 1 aromatic heterocycles. The first-order chi connectivity index (χ1) is 15.9. The largest absolute Gasteiger partial charge is 0.494 e. The van der Waals surface area contributed by atoms with Crippen molar-refractivity contribution in [2.75, 3.05) is 24.6 Å². The Labute approximate surface area is 203 Å². The molecule has 1 aromatic carbocycles. The first-order valence-corrected chi connectivity index (χ1v) is 13.7. The van der Waals surface area contributed by atoms with Crippen LogP contribution in [0.5, 0.6) is 5.75 Å². The van der Waals surface area contributed by atoms with E-state index < -0.39 is 13.9 Å². The number of anilines is 1. The molecule has 2 aromatic rings. The monoisotopic (exact) mass is 493 g/mol. The van der Waals surface area contributed by atoms with Crippen molar-refractivity contribution in [1.82, 2.24) is 11.1 Å². The minimum absolute atomic E-state index is 0. The van der Waals surface area contributed by atoms with Gasteiger partial charge in [-0.3, -0.25) is 4.52 Å². The van der Waals surface area contributed by atoms with Gasteiger partial charge in [-0.25, -0.2) is 9.55 Å². The highest BCUT2D eigenvalue weighted by Gasteiger charge is 2.33. The Bertz CT molecular complexity index is 902. The molecule has 9 heteroatoms. The quantitative estimate of drug-likeness (QED) is 0.200. The highest BCUT2D eigenvalue weighted by atomic mass is 31.2. The van der Waals surface area contributed by atoms with Crippen LogP contribution in [0.15, 0.2) is 42.6 Å². The fourth-order valence-electron chi connectivity index (χ4n) is 4.03. The van der Waals surface area contributed by atoms with Crippen LogP contribution in [0.3, 0.4) is 0 Å². The number of nitrogens with zero attached hydrogens (tertiary/aromatic N) is 2. The zero-order chi connectivity index (χ0) is 23.5. The zero-order valence-corrected chi connectivity index (χ0v) is 21.2. The molecular weight excluding hydrogens is 453 g/mol. The average molecular weight is 494 g/mol. The minimum Gasteiger partial charge on any atom is -0.494 e. The lowest BCUT2D eigenvalue weighted by Crippen LogP contribution is -2.52. The van der Waals surface area contributed by atoms with Crippen LogP contribution >= 0.6 is 7.82 Å². The third-order valence-corrected chi connectivity index (χ3v) is 6.46. The molecule has 0 unspecified atom stereocenters. The van der Waals surface area contributed by atoms with Gasteiger partial charge in [0.05, 0.1) is 6.61 Å². The number of aromatic nitrogens is 1. The van der Waals surface area contributed by atoms with Gasteiger partial charge in [-0.15, -0.1) is 0 Å². The predicted molar refractivity (Wildman–Crippen MR) is 137 cm³/mol. The second kappa shape index (κ2) is 14.4. The molecule has 2 heterocycles. The van der Waals surface area contributed by atoms with E-state index in [1.807, 2.05) is 41.3 Å². The van der Waals surface area contributed by atoms with E-state index in [4.69, 9.17) is 19.0 Å². The Morgan fingerprint density at radius 2 is 1.62 bits per heavy atom. The molecule has 1 aliphatic heterocycles. The van der Waals surface area contributed by atoms with Crippen molar-refractivity contribution >= 4 is 13.6 Å². The first kappa shape index (κ1) is 28.3. The number of ether oxygens (including phenoxy) is 1. The average Bonchev–Trinajstić information content (AvgIpc) is 2.77. The normalized spacial score (nSPS) is 13.9. The minimum atomic E-state index is -4.45. The summed E-state index contributed by atoms with van der Waals surface area (Å²) in [6.07, 6.45) is 12.9. The van der Waals surface area contributed by atoms with Gasteiger partial charge in [-0.2, -0.15) is 0 Å². The van der Waals surface area contributed by atoms with Crippen molar-refractivity contribution in [3.8, 4) is 16.9 Å². The Kier molecular flexibility index (Phi) is 12.0. The van der Waals surface area contributed by atoms with E-state index in [2.05, 4.69) is 11.9 Å². The summed E-state index contributed by atoms with van der Waals surface area (Å²) in [5.74, 6) is 1.63. The lowest BCUT2D eigenvalue weighted by molar-refractivity contribution is 0.111. The van der Waals surface area contributed by atoms with Crippen molar-refractivity contribution in [2.45, 2.75) is 70.8 Å². The number of pyridine rings is 1. The molecule has 0 amide bonds. The third kappa shape index (κ3) is 9.72. The van der Waals surface area contributed by atoms with E-state index >= 15 is 0 Å². The van der Waals surface area contributed by atoms with Crippen LogP contribution in [0.4, 0.5) is 5.82 Å². The van der Waals surface area contributed by atoms with Gasteiger partial charge in [-0.05, 0) is 41.8 Å². The van der Waals surface area contributed by atoms with Crippen molar-refractivity contribution < 1.29 is 23.6 Å². The number of hydrogen-bond donors (Lipinski definition) is 3. The molecular formula is C25H40N3O5P. The summed E-state index contributed by atoms with van der Waals surface area (Å²) >= 11 is 0. The third-order valence-electron chi connectivity index (χ3n) is 5.89. The maximum atomic E-state index is 11.0. The molecule has 0 bridgehead atoms. The molecule has 0 spiro atoms. The van der Waals surface area contributed by atoms with Crippen LogP contribution in [-0.2, 0) is 9.09 Å². The van der Waals surface area contributed by atoms with E-state index in [1.54, 1.807) is 6.20 Å².